The van der Waals surface area contributed by atoms with Gasteiger partial charge in [0.2, 0.25) is 0 Å². The Kier molecular flexibility index (Phi) is 4.23. The maximum absolute atomic E-state index is 11.9. The van der Waals surface area contributed by atoms with Crippen LogP contribution in [0.5, 0.6) is 0 Å². The molecule has 0 aromatic carbocycles. The highest BCUT2D eigenvalue weighted by molar-refractivity contribution is 5.35. The molecule has 0 fully saturated rings. The molecule has 1 N–H and O–H groups in total. The van der Waals surface area contributed by atoms with Crippen LogP contribution in [0.2, 0.25) is 0 Å². The van der Waals surface area contributed by atoms with Crippen molar-refractivity contribution < 1.29 is 4.39 Å². The molecule has 0 aliphatic heterocycles. The summed E-state index contributed by atoms with van der Waals surface area (Å²) in [6.45, 7) is 2.71. The predicted molar refractivity (Wildman–Crippen MR) is 52.7 cm³/mol. The Morgan fingerprint density at radius 3 is 2.85 bits per heavy atom. The summed E-state index contributed by atoms with van der Waals surface area (Å²) in [6, 6.07) is 3.80. The van der Waals surface area contributed by atoms with Gasteiger partial charge in [-0.15, -0.1) is 0 Å². The van der Waals surface area contributed by atoms with E-state index in [4.69, 9.17) is 0 Å². The quantitative estimate of drug-likeness (QED) is 0.756. The molecule has 0 atom stereocenters. The Labute approximate surface area is 78.2 Å². The van der Waals surface area contributed by atoms with Gasteiger partial charge >= 0.3 is 0 Å². The molecule has 72 valence electrons. The molecular weight excluding hydrogens is 167 g/mol. The van der Waals surface area contributed by atoms with E-state index in [1.54, 1.807) is 6.20 Å². The second-order valence-corrected chi connectivity index (χ2v) is 2.92. The highest BCUT2D eigenvalue weighted by atomic mass is 19.1. The minimum Gasteiger partial charge on any atom is -0.370 e. The third kappa shape index (κ3) is 3.40. The molecule has 0 saturated carbocycles. The van der Waals surface area contributed by atoms with Gasteiger partial charge in [-0.05, 0) is 18.1 Å². The molecule has 0 aliphatic rings. The summed E-state index contributed by atoms with van der Waals surface area (Å²) in [5.41, 5.74) is 0.949. The summed E-state index contributed by atoms with van der Waals surface area (Å²) in [6.07, 6.45) is 3.26. The average molecular weight is 182 g/mol. The molecule has 0 amide bonds. The van der Waals surface area contributed by atoms with E-state index in [9.17, 15) is 4.39 Å². The molecule has 0 radical (unpaired) electrons. The first-order valence-corrected chi connectivity index (χ1v) is 4.61. The molecule has 2 nitrogen and oxygen atoms in total. The Balaban J connectivity index is 2.48. The van der Waals surface area contributed by atoms with Crippen LogP contribution in [0.25, 0.3) is 0 Å². The highest BCUT2D eigenvalue weighted by Crippen LogP contribution is 2.05. The molecule has 13 heavy (non-hydrogen) atoms. The minimum absolute atomic E-state index is 0.316. The van der Waals surface area contributed by atoms with Crippen molar-refractivity contribution in [2.45, 2.75) is 19.8 Å². The lowest BCUT2D eigenvalue weighted by Crippen LogP contribution is -2.01. The molecule has 1 aromatic rings. The minimum atomic E-state index is -0.316. The number of rotatable bonds is 5. The van der Waals surface area contributed by atoms with E-state index in [0.29, 0.717) is 6.42 Å². The van der Waals surface area contributed by atoms with Crippen LogP contribution in [0.3, 0.4) is 0 Å². The van der Waals surface area contributed by atoms with Gasteiger partial charge in [-0.3, -0.25) is 4.39 Å². The molecule has 3 heteroatoms. The average Bonchev–Trinajstić information content (AvgIpc) is 2.17. The normalized spacial score (nSPS) is 10.0. The van der Waals surface area contributed by atoms with Gasteiger partial charge in [0.15, 0.2) is 0 Å². The van der Waals surface area contributed by atoms with Gasteiger partial charge in [-0.25, -0.2) is 4.98 Å². The van der Waals surface area contributed by atoms with Crippen molar-refractivity contribution in [3.05, 3.63) is 23.9 Å². The lowest BCUT2D eigenvalue weighted by Gasteiger charge is -2.03. The molecule has 1 heterocycles. The Bertz CT molecular complexity index is 233. The third-order valence-corrected chi connectivity index (χ3v) is 1.76. The van der Waals surface area contributed by atoms with Crippen LogP contribution >= 0.6 is 0 Å². The first-order chi connectivity index (χ1) is 6.36. The molecule has 0 saturated heterocycles. The van der Waals surface area contributed by atoms with E-state index >= 15 is 0 Å². The summed E-state index contributed by atoms with van der Waals surface area (Å²) in [4.78, 5) is 4.16. The molecular formula is C10H15FN2. The van der Waals surface area contributed by atoms with Gasteiger partial charge in [0, 0.05) is 19.2 Å². The number of aromatic nitrogens is 1. The first-order valence-electron chi connectivity index (χ1n) is 4.61. The number of aryl methyl sites for hydroxylation is 1. The number of nitrogens with one attached hydrogen (secondary N) is 1. The fourth-order valence-electron chi connectivity index (χ4n) is 1.04. The van der Waals surface area contributed by atoms with Crippen LogP contribution in [-0.2, 0) is 6.42 Å². The summed E-state index contributed by atoms with van der Waals surface area (Å²) in [5, 5.41) is 3.16. The van der Waals surface area contributed by atoms with Crippen molar-refractivity contribution in [3.63, 3.8) is 0 Å². The molecule has 0 aliphatic carbocycles. The number of pyridine rings is 1. The number of alkyl halides is 1. The fraction of sp³-hybridized carbons (Fsp3) is 0.500. The maximum Gasteiger partial charge on any atom is 0.125 e. The van der Waals surface area contributed by atoms with Crippen LogP contribution in [0.15, 0.2) is 18.3 Å². The van der Waals surface area contributed by atoms with Gasteiger partial charge in [-0.2, -0.15) is 0 Å². The molecule has 0 bridgehead atoms. The van der Waals surface area contributed by atoms with Gasteiger partial charge in [-0.1, -0.05) is 13.0 Å². The lowest BCUT2D eigenvalue weighted by molar-refractivity contribution is 0.495. The summed E-state index contributed by atoms with van der Waals surface area (Å²) >= 11 is 0. The Hall–Kier alpha value is -1.12. The van der Waals surface area contributed by atoms with Crippen molar-refractivity contribution in [2.75, 3.05) is 18.5 Å². The molecule has 0 unspecified atom stereocenters. The van der Waals surface area contributed by atoms with Gasteiger partial charge < -0.3 is 5.32 Å². The van der Waals surface area contributed by atoms with Crippen LogP contribution in [0.4, 0.5) is 10.2 Å². The van der Waals surface area contributed by atoms with E-state index in [0.717, 1.165) is 24.3 Å². The van der Waals surface area contributed by atoms with Gasteiger partial charge in [0.05, 0.1) is 6.67 Å². The number of hydrogen-bond donors (Lipinski definition) is 1. The summed E-state index contributed by atoms with van der Waals surface area (Å²) < 4.78 is 11.9. The van der Waals surface area contributed by atoms with Crippen molar-refractivity contribution in [2.24, 2.45) is 0 Å². The van der Waals surface area contributed by atoms with E-state index in [2.05, 4.69) is 17.2 Å². The zero-order valence-electron chi connectivity index (χ0n) is 7.89. The van der Waals surface area contributed by atoms with Crippen molar-refractivity contribution in [1.82, 2.24) is 4.98 Å². The van der Waals surface area contributed by atoms with E-state index in [1.165, 1.54) is 0 Å². The number of hydrogen-bond acceptors (Lipinski definition) is 2. The smallest absolute Gasteiger partial charge is 0.125 e. The van der Waals surface area contributed by atoms with E-state index in [1.807, 2.05) is 12.1 Å². The van der Waals surface area contributed by atoms with Crippen molar-refractivity contribution >= 4 is 5.82 Å². The van der Waals surface area contributed by atoms with Gasteiger partial charge in [0.1, 0.15) is 5.82 Å². The van der Waals surface area contributed by atoms with Crippen LogP contribution in [-0.4, -0.2) is 18.2 Å². The van der Waals surface area contributed by atoms with E-state index < -0.39 is 0 Å². The predicted octanol–water partition coefficient (Wildman–Crippen LogP) is 2.42. The topological polar surface area (TPSA) is 24.9 Å². The van der Waals surface area contributed by atoms with Crippen LogP contribution in [0.1, 0.15) is 18.9 Å². The fourth-order valence-corrected chi connectivity index (χ4v) is 1.04. The van der Waals surface area contributed by atoms with Crippen molar-refractivity contribution in [1.29, 1.82) is 0 Å². The van der Waals surface area contributed by atoms with Crippen molar-refractivity contribution in [3.8, 4) is 0 Å². The SMILES string of the molecule is CCCNc1ccc(CCF)cn1. The highest BCUT2D eigenvalue weighted by Gasteiger charge is 1.94. The Morgan fingerprint density at radius 1 is 1.46 bits per heavy atom. The lowest BCUT2D eigenvalue weighted by atomic mass is 10.2. The third-order valence-electron chi connectivity index (χ3n) is 1.76. The monoisotopic (exact) mass is 182 g/mol. The molecule has 1 rings (SSSR count). The number of anilines is 1. The molecule has 0 spiro atoms. The van der Waals surface area contributed by atoms with E-state index in [-0.39, 0.29) is 6.67 Å². The summed E-state index contributed by atoms with van der Waals surface area (Å²) in [7, 11) is 0. The second-order valence-electron chi connectivity index (χ2n) is 2.92. The maximum atomic E-state index is 11.9. The van der Waals surface area contributed by atoms with Gasteiger partial charge in [0.25, 0.3) is 0 Å². The number of halogens is 1. The largest absolute Gasteiger partial charge is 0.370 e. The number of nitrogens with zero attached hydrogens (tertiary/aromatic N) is 1. The second kappa shape index (κ2) is 5.51. The zero-order chi connectivity index (χ0) is 9.52. The van der Waals surface area contributed by atoms with Crippen LogP contribution in [0, 0.1) is 0 Å². The molecule has 1 aromatic heterocycles. The summed E-state index contributed by atoms with van der Waals surface area (Å²) in [5.74, 6) is 0.865. The first kappa shape index (κ1) is 9.96. The van der Waals surface area contributed by atoms with Crippen LogP contribution < -0.4 is 5.32 Å². The standard InChI is InChI=1S/C10H15FN2/c1-2-7-12-10-4-3-9(5-6-11)8-13-10/h3-4,8H,2,5-7H2,1H3,(H,12,13). The zero-order valence-corrected chi connectivity index (χ0v) is 7.89. The Morgan fingerprint density at radius 2 is 2.31 bits per heavy atom.